The summed E-state index contributed by atoms with van der Waals surface area (Å²) in [5, 5.41) is 11.3. The van der Waals surface area contributed by atoms with Crippen molar-refractivity contribution in [3.8, 4) is 0 Å². The molecule has 5 heteroatoms. The quantitative estimate of drug-likeness (QED) is 0.596. The molecule has 108 valence electrons. The van der Waals surface area contributed by atoms with Crippen LogP contribution in [0.3, 0.4) is 0 Å². The molecule has 0 spiro atoms. The summed E-state index contributed by atoms with van der Waals surface area (Å²) in [7, 11) is 0. The van der Waals surface area contributed by atoms with E-state index < -0.39 is 5.91 Å². The van der Waals surface area contributed by atoms with Gasteiger partial charge in [0.15, 0.2) is 0 Å². The van der Waals surface area contributed by atoms with Gasteiger partial charge in [0.1, 0.15) is 0 Å². The van der Waals surface area contributed by atoms with Crippen LogP contribution in [0, 0.1) is 0 Å². The third-order valence-electron chi connectivity index (χ3n) is 3.21. The molecule has 2 aromatic rings. The third-order valence-corrected chi connectivity index (χ3v) is 3.21. The number of carbonyl (C=O) groups is 2. The summed E-state index contributed by atoms with van der Waals surface area (Å²) < 4.78 is 0. The maximum Gasteiger partial charge on any atom is 0.274 e. The Kier molecular flexibility index (Phi) is 4.68. The minimum absolute atomic E-state index is 0.124. The second-order valence-corrected chi connectivity index (χ2v) is 4.64. The monoisotopic (exact) mass is 284 g/mol. The van der Waals surface area contributed by atoms with E-state index in [4.69, 9.17) is 5.21 Å². The summed E-state index contributed by atoms with van der Waals surface area (Å²) in [4.78, 5) is 23.3. The molecule has 2 aromatic carbocycles. The zero-order valence-corrected chi connectivity index (χ0v) is 11.5. The minimum atomic E-state index is -0.592. The van der Waals surface area contributed by atoms with E-state index in [2.05, 4.69) is 5.32 Å². The molecule has 0 radical (unpaired) electrons. The van der Waals surface area contributed by atoms with E-state index in [9.17, 15) is 9.59 Å². The first-order chi connectivity index (χ1) is 10.1. The van der Waals surface area contributed by atoms with E-state index in [0.717, 1.165) is 5.56 Å². The van der Waals surface area contributed by atoms with E-state index in [1.807, 2.05) is 37.3 Å². The fraction of sp³-hybridized carbons (Fsp3) is 0.125. The molecule has 2 amide bonds. The fourth-order valence-corrected chi connectivity index (χ4v) is 1.91. The van der Waals surface area contributed by atoms with Crippen LogP contribution in [-0.4, -0.2) is 17.0 Å². The van der Waals surface area contributed by atoms with Crippen molar-refractivity contribution >= 4 is 17.5 Å². The Labute approximate surface area is 122 Å². The van der Waals surface area contributed by atoms with Gasteiger partial charge >= 0.3 is 0 Å². The number of carbonyl (C=O) groups excluding carboxylic acids is 2. The number of hydrogen-bond acceptors (Lipinski definition) is 3. The molecule has 0 saturated carbocycles. The summed E-state index contributed by atoms with van der Waals surface area (Å²) in [5.74, 6) is -0.988. The van der Waals surface area contributed by atoms with Crippen molar-refractivity contribution in [3.63, 3.8) is 0 Å². The highest BCUT2D eigenvalue weighted by Crippen LogP contribution is 2.18. The predicted molar refractivity (Wildman–Crippen MR) is 79.2 cm³/mol. The maximum absolute atomic E-state index is 12.2. The van der Waals surface area contributed by atoms with Gasteiger partial charge in [-0.25, -0.2) is 5.48 Å². The number of benzene rings is 2. The van der Waals surface area contributed by atoms with Gasteiger partial charge in [-0.1, -0.05) is 30.3 Å². The molecular weight excluding hydrogens is 268 g/mol. The van der Waals surface area contributed by atoms with Crippen molar-refractivity contribution in [3.05, 3.63) is 65.7 Å². The lowest BCUT2D eigenvalue weighted by molar-refractivity contribution is -0.117. The number of amides is 2. The Bertz CT molecular complexity index is 624. The van der Waals surface area contributed by atoms with Crippen LogP contribution in [-0.2, 0) is 4.79 Å². The Balaban J connectivity index is 2.04. The molecule has 0 bridgehead atoms. The van der Waals surface area contributed by atoms with Crippen LogP contribution in [0.15, 0.2) is 54.6 Å². The average molecular weight is 284 g/mol. The summed E-state index contributed by atoms with van der Waals surface area (Å²) in [5.41, 5.74) is 3.40. The van der Waals surface area contributed by atoms with Gasteiger partial charge in [0.2, 0.25) is 5.91 Å². The van der Waals surface area contributed by atoms with Gasteiger partial charge < -0.3 is 5.32 Å². The molecule has 0 aliphatic rings. The Morgan fingerprint density at radius 3 is 2.19 bits per heavy atom. The number of anilines is 1. The molecule has 3 N–H and O–H groups in total. The molecule has 0 aliphatic heterocycles. The smallest absolute Gasteiger partial charge is 0.274 e. The highest BCUT2D eigenvalue weighted by Gasteiger charge is 2.15. The van der Waals surface area contributed by atoms with Crippen molar-refractivity contribution in [2.24, 2.45) is 0 Å². The van der Waals surface area contributed by atoms with Crippen LogP contribution in [0.5, 0.6) is 0 Å². The van der Waals surface area contributed by atoms with E-state index in [0.29, 0.717) is 11.3 Å². The van der Waals surface area contributed by atoms with Gasteiger partial charge in [0.05, 0.1) is 5.92 Å². The average Bonchev–Trinajstić information content (AvgIpc) is 2.55. The second-order valence-electron chi connectivity index (χ2n) is 4.64. The molecule has 5 nitrogen and oxygen atoms in total. The van der Waals surface area contributed by atoms with Crippen molar-refractivity contribution in [1.29, 1.82) is 0 Å². The van der Waals surface area contributed by atoms with Crippen molar-refractivity contribution in [2.45, 2.75) is 12.8 Å². The molecule has 0 aromatic heterocycles. The summed E-state index contributed by atoms with van der Waals surface area (Å²) >= 11 is 0. The number of rotatable bonds is 4. The predicted octanol–water partition coefficient (Wildman–Crippen LogP) is 2.55. The number of hydroxylamine groups is 1. The second kappa shape index (κ2) is 6.67. The maximum atomic E-state index is 12.2. The van der Waals surface area contributed by atoms with Crippen LogP contribution in [0.1, 0.15) is 28.8 Å². The van der Waals surface area contributed by atoms with Gasteiger partial charge in [-0.2, -0.15) is 0 Å². The number of hydrogen-bond donors (Lipinski definition) is 3. The van der Waals surface area contributed by atoms with Crippen LogP contribution in [0.4, 0.5) is 5.69 Å². The molecular formula is C16H16N2O3. The van der Waals surface area contributed by atoms with Crippen molar-refractivity contribution < 1.29 is 14.8 Å². The first-order valence-electron chi connectivity index (χ1n) is 6.52. The SMILES string of the molecule is C[C@H](C(=O)Nc1ccc(C(=O)NO)cc1)c1ccccc1. The summed E-state index contributed by atoms with van der Waals surface area (Å²) in [6.07, 6.45) is 0. The fourth-order valence-electron chi connectivity index (χ4n) is 1.91. The van der Waals surface area contributed by atoms with Crippen molar-refractivity contribution in [2.75, 3.05) is 5.32 Å². The van der Waals surface area contributed by atoms with Gasteiger partial charge in [0.25, 0.3) is 5.91 Å². The zero-order valence-electron chi connectivity index (χ0n) is 11.5. The molecule has 0 fully saturated rings. The highest BCUT2D eigenvalue weighted by molar-refractivity contribution is 5.97. The van der Waals surface area contributed by atoms with Gasteiger partial charge in [0, 0.05) is 11.3 Å². The lowest BCUT2D eigenvalue weighted by atomic mass is 10.0. The molecule has 0 unspecified atom stereocenters. The molecule has 1 atom stereocenters. The van der Waals surface area contributed by atoms with Crippen LogP contribution in [0.25, 0.3) is 0 Å². The van der Waals surface area contributed by atoms with Crippen LogP contribution < -0.4 is 10.8 Å². The number of nitrogens with one attached hydrogen (secondary N) is 2. The zero-order chi connectivity index (χ0) is 15.2. The Morgan fingerprint density at radius 1 is 1.00 bits per heavy atom. The van der Waals surface area contributed by atoms with Gasteiger partial charge in [-0.3, -0.25) is 14.8 Å². The normalized spacial score (nSPS) is 11.5. The van der Waals surface area contributed by atoms with E-state index >= 15 is 0 Å². The molecule has 0 aliphatic carbocycles. The molecule has 0 saturated heterocycles. The topological polar surface area (TPSA) is 78.4 Å². The highest BCUT2D eigenvalue weighted by atomic mass is 16.5. The van der Waals surface area contributed by atoms with Crippen LogP contribution in [0.2, 0.25) is 0 Å². The standard InChI is InChI=1S/C16H16N2O3/c1-11(12-5-3-2-4-6-12)15(19)17-14-9-7-13(8-10-14)16(20)18-21/h2-11,21H,1H3,(H,17,19)(H,18,20)/t11-/m0/s1. The molecule has 0 heterocycles. The third kappa shape index (κ3) is 3.67. The Morgan fingerprint density at radius 2 is 1.62 bits per heavy atom. The lowest BCUT2D eigenvalue weighted by Gasteiger charge is -2.12. The van der Waals surface area contributed by atoms with Gasteiger partial charge in [-0.05, 0) is 36.8 Å². The summed E-state index contributed by atoms with van der Waals surface area (Å²) in [6, 6.07) is 15.8. The Hall–Kier alpha value is -2.66. The molecule has 2 rings (SSSR count). The van der Waals surface area contributed by atoms with E-state index in [-0.39, 0.29) is 11.8 Å². The minimum Gasteiger partial charge on any atom is -0.326 e. The largest absolute Gasteiger partial charge is 0.326 e. The molecule has 21 heavy (non-hydrogen) atoms. The van der Waals surface area contributed by atoms with E-state index in [1.165, 1.54) is 12.1 Å². The lowest BCUT2D eigenvalue weighted by Crippen LogP contribution is -2.20. The van der Waals surface area contributed by atoms with Gasteiger partial charge in [-0.15, -0.1) is 0 Å². The van der Waals surface area contributed by atoms with Crippen molar-refractivity contribution in [1.82, 2.24) is 5.48 Å². The first-order valence-corrected chi connectivity index (χ1v) is 6.52. The first kappa shape index (κ1) is 14.7. The summed E-state index contributed by atoms with van der Waals surface area (Å²) in [6.45, 7) is 1.83. The van der Waals surface area contributed by atoms with Crippen LogP contribution >= 0.6 is 0 Å². The van der Waals surface area contributed by atoms with E-state index in [1.54, 1.807) is 17.6 Å².